The topological polar surface area (TPSA) is 50.4 Å². The first-order valence-electron chi connectivity index (χ1n) is 7.26. The monoisotopic (exact) mass is 308 g/mol. The second kappa shape index (κ2) is 4.62. The number of halogens is 1. The number of aryl methyl sites for hydroxylation is 1. The zero-order chi connectivity index (χ0) is 15.4. The summed E-state index contributed by atoms with van der Waals surface area (Å²) in [6.45, 7) is 8.74. The molecule has 2 atom stereocenters. The number of urea groups is 1. The van der Waals surface area contributed by atoms with Gasteiger partial charge in [0.1, 0.15) is 0 Å². The van der Waals surface area contributed by atoms with Gasteiger partial charge in [0, 0.05) is 5.92 Å². The van der Waals surface area contributed by atoms with Crippen LogP contribution >= 0.6 is 11.6 Å². The number of hydrogen-bond acceptors (Lipinski definition) is 2. The molecule has 1 saturated carbocycles. The van der Waals surface area contributed by atoms with E-state index in [0.29, 0.717) is 16.6 Å². The largest absolute Gasteiger partial charge is 0.373 e. The summed E-state index contributed by atoms with van der Waals surface area (Å²) in [7, 11) is 0. The van der Waals surface area contributed by atoms with Crippen molar-refractivity contribution in [1.82, 2.24) is 5.32 Å². The number of carbonyl (C=O) groups is 1. The summed E-state index contributed by atoms with van der Waals surface area (Å²) in [6.07, 6.45) is 0.980. The van der Waals surface area contributed by atoms with E-state index in [1.165, 1.54) is 0 Å². The van der Waals surface area contributed by atoms with Crippen LogP contribution in [-0.4, -0.2) is 23.8 Å². The predicted octanol–water partition coefficient (Wildman–Crippen LogP) is 3.65. The van der Waals surface area contributed by atoms with Crippen molar-refractivity contribution in [2.75, 3.05) is 11.9 Å². The lowest BCUT2D eigenvalue weighted by Crippen LogP contribution is -2.52. The van der Waals surface area contributed by atoms with Crippen molar-refractivity contribution in [3.8, 4) is 0 Å². The molecule has 1 heterocycles. The summed E-state index contributed by atoms with van der Waals surface area (Å²) in [5.41, 5.74) is 2.22. The molecule has 0 spiro atoms. The molecule has 5 heteroatoms. The van der Waals surface area contributed by atoms with Crippen molar-refractivity contribution in [1.29, 1.82) is 0 Å². The van der Waals surface area contributed by atoms with Crippen LogP contribution in [0.15, 0.2) is 12.1 Å². The number of fused-ring (bicyclic) bond motifs is 1. The minimum atomic E-state index is -0.319. The Morgan fingerprint density at radius 2 is 2.10 bits per heavy atom. The van der Waals surface area contributed by atoms with Crippen LogP contribution in [0.25, 0.3) is 0 Å². The number of carbonyl (C=O) groups excluding carboxylic acids is 1. The molecule has 3 rings (SSSR count). The number of hydrogen-bond donors (Lipinski definition) is 2. The normalized spacial score (nSPS) is 28.9. The summed E-state index contributed by atoms with van der Waals surface area (Å²) >= 11 is 6.20. The fourth-order valence-electron chi connectivity index (χ4n) is 3.29. The van der Waals surface area contributed by atoms with E-state index in [1.807, 2.05) is 33.8 Å². The smallest absolute Gasteiger partial charge is 0.319 e. The Kier molecular flexibility index (Phi) is 3.22. The Hall–Kier alpha value is -1.26. The number of anilines is 1. The first-order valence-corrected chi connectivity index (χ1v) is 7.63. The highest BCUT2D eigenvalue weighted by molar-refractivity contribution is 6.34. The van der Waals surface area contributed by atoms with Gasteiger partial charge in [-0.25, -0.2) is 4.79 Å². The Labute approximate surface area is 130 Å². The molecule has 4 nitrogen and oxygen atoms in total. The zero-order valence-electron chi connectivity index (χ0n) is 12.8. The molecule has 1 aromatic rings. The lowest BCUT2D eigenvalue weighted by atomic mass is 9.96. The lowest BCUT2D eigenvalue weighted by Gasteiger charge is -2.31. The molecule has 1 saturated heterocycles. The Morgan fingerprint density at radius 3 is 2.67 bits per heavy atom. The Morgan fingerprint density at radius 1 is 1.38 bits per heavy atom. The molecule has 21 heavy (non-hydrogen) atoms. The van der Waals surface area contributed by atoms with Gasteiger partial charge in [-0.2, -0.15) is 0 Å². The summed E-state index contributed by atoms with van der Waals surface area (Å²) in [4.78, 5) is 12.4. The molecule has 2 fully saturated rings. The van der Waals surface area contributed by atoms with E-state index < -0.39 is 0 Å². The van der Waals surface area contributed by atoms with Crippen LogP contribution in [0.5, 0.6) is 0 Å². The van der Waals surface area contributed by atoms with Crippen LogP contribution in [0.4, 0.5) is 10.5 Å². The molecule has 0 radical (unpaired) electrons. The number of benzene rings is 1. The SMILES string of the molecule is Cc1ccc(Cl)c(NC(=O)NC23CC2COC3(C)C)c1C. The standard InChI is InChI=1S/C16H21ClN2O2/c1-9-5-6-12(17)13(10(9)2)18-14(20)19-16-7-11(16)8-21-15(16,3)4/h5-6,11H,7-8H2,1-4H3,(H2,18,19,20). The third-order valence-corrected chi connectivity index (χ3v) is 5.40. The molecule has 114 valence electrons. The van der Waals surface area contributed by atoms with Gasteiger partial charge in [0.15, 0.2) is 0 Å². The fourth-order valence-corrected chi connectivity index (χ4v) is 3.55. The molecule has 1 aromatic carbocycles. The van der Waals surface area contributed by atoms with Crippen LogP contribution in [0.2, 0.25) is 5.02 Å². The predicted molar refractivity (Wildman–Crippen MR) is 83.9 cm³/mol. The van der Waals surface area contributed by atoms with Gasteiger partial charge in [-0.1, -0.05) is 17.7 Å². The number of rotatable bonds is 2. The van der Waals surface area contributed by atoms with Crippen LogP contribution < -0.4 is 10.6 Å². The minimum absolute atomic E-state index is 0.216. The molecular weight excluding hydrogens is 288 g/mol. The number of nitrogens with one attached hydrogen (secondary N) is 2. The fraction of sp³-hybridized carbons (Fsp3) is 0.562. The second-order valence-electron chi connectivity index (χ2n) is 6.64. The zero-order valence-corrected chi connectivity index (χ0v) is 13.6. The minimum Gasteiger partial charge on any atom is -0.373 e. The second-order valence-corrected chi connectivity index (χ2v) is 7.04. The van der Waals surface area contributed by atoms with Crippen molar-refractivity contribution < 1.29 is 9.53 Å². The molecular formula is C16H21ClN2O2. The first kappa shape index (κ1) is 14.7. The third kappa shape index (κ3) is 2.21. The van der Waals surface area contributed by atoms with Crippen LogP contribution in [0, 0.1) is 19.8 Å². The van der Waals surface area contributed by atoms with Gasteiger partial charge >= 0.3 is 6.03 Å². The molecule has 2 N–H and O–H groups in total. The van der Waals surface area contributed by atoms with Gasteiger partial charge in [-0.3, -0.25) is 0 Å². The van der Waals surface area contributed by atoms with E-state index in [0.717, 1.165) is 24.2 Å². The maximum Gasteiger partial charge on any atom is 0.319 e. The maximum atomic E-state index is 12.4. The summed E-state index contributed by atoms with van der Waals surface area (Å²) in [6, 6.07) is 3.54. The summed E-state index contributed by atoms with van der Waals surface area (Å²) in [5.74, 6) is 0.423. The van der Waals surface area contributed by atoms with E-state index in [9.17, 15) is 4.79 Å². The quantitative estimate of drug-likeness (QED) is 0.876. The van der Waals surface area contributed by atoms with E-state index in [4.69, 9.17) is 16.3 Å². The van der Waals surface area contributed by atoms with Gasteiger partial charge < -0.3 is 15.4 Å². The molecule has 0 bridgehead atoms. The van der Waals surface area contributed by atoms with Gasteiger partial charge in [0.05, 0.1) is 28.5 Å². The number of amides is 2. The average molecular weight is 309 g/mol. The summed E-state index contributed by atoms with van der Waals surface area (Å²) in [5, 5.41) is 6.56. The molecule has 1 aliphatic carbocycles. The lowest BCUT2D eigenvalue weighted by molar-refractivity contribution is -0.00667. The third-order valence-electron chi connectivity index (χ3n) is 5.09. The van der Waals surface area contributed by atoms with Crippen molar-refractivity contribution in [3.63, 3.8) is 0 Å². The number of ether oxygens (including phenoxy) is 1. The average Bonchev–Trinajstić information content (AvgIpc) is 3.06. The highest BCUT2D eigenvalue weighted by Crippen LogP contribution is 2.57. The van der Waals surface area contributed by atoms with Crippen LogP contribution in [0.3, 0.4) is 0 Å². The van der Waals surface area contributed by atoms with Crippen LogP contribution in [-0.2, 0) is 4.74 Å². The molecule has 1 aliphatic heterocycles. The summed E-state index contributed by atoms with van der Waals surface area (Å²) < 4.78 is 5.75. The van der Waals surface area contributed by atoms with Gasteiger partial charge in [-0.05, 0) is 51.3 Å². The molecule has 2 aliphatic rings. The Balaban J connectivity index is 1.76. The van der Waals surface area contributed by atoms with Crippen LogP contribution in [0.1, 0.15) is 31.4 Å². The van der Waals surface area contributed by atoms with Crippen molar-refractivity contribution in [2.24, 2.45) is 5.92 Å². The van der Waals surface area contributed by atoms with E-state index in [2.05, 4.69) is 10.6 Å². The van der Waals surface area contributed by atoms with Gasteiger partial charge in [0.2, 0.25) is 0 Å². The van der Waals surface area contributed by atoms with E-state index in [-0.39, 0.29) is 17.2 Å². The Bertz CT molecular complexity index is 615. The highest BCUT2D eigenvalue weighted by Gasteiger charge is 2.69. The van der Waals surface area contributed by atoms with Crippen molar-refractivity contribution in [3.05, 3.63) is 28.3 Å². The van der Waals surface area contributed by atoms with Gasteiger partial charge in [-0.15, -0.1) is 0 Å². The first-order chi connectivity index (χ1) is 9.77. The van der Waals surface area contributed by atoms with Gasteiger partial charge in [0.25, 0.3) is 0 Å². The molecule has 2 amide bonds. The molecule has 2 unspecified atom stereocenters. The highest BCUT2D eigenvalue weighted by atomic mass is 35.5. The van der Waals surface area contributed by atoms with E-state index >= 15 is 0 Å². The van der Waals surface area contributed by atoms with E-state index in [1.54, 1.807) is 6.07 Å². The van der Waals surface area contributed by atoms with Crippen molar-refractivity contribution >= 4 is 23.3 Å². The molecule has 0 aromatic heterocycles. The van der Waals surface area contributed by atoms with Crippen molar-refractivity contribution in [2.45, 2.75) is 45.3 Å². The maximum absolute atomic E-state index is 12.4.